The van der Waals surface area contributed by atoms with Crippen molar-refractivity contribution in [3.05, 3.63) is 54.6 Å². The fraction of sp³-hybridized carbons (Fsp3) is 0.474. The quantitative estimate of drug-likeness (QED) is 0.180. The summed E-state index contributed by atoms with van der Waals surface area (Å²) < 4.78 is 0. The highest BCUT2D eigenvalue weighted by Gasteiger charge is 2.33. The Morgan fingerprint density at radius 2 is 1.83 bits per heavy atom. The van der Waals surface area contributed by atoms with Gasteiger partial charge < -0.3 is 0 Å². The van der Waals surface area contributed by atoms with Gasteiger partial charge in [0.05, 0.1) is 5.69 Å². The average molecular weight is 440 g/mol. The molecule has 0 fully saturated rings. The third-order valence-corrected chi connectivity index (χ3v) is 6.43. The van der Waals surface area contributed by atoms with Crippen LogP contribution in [-0.4, -0.2) is 16.2 Å². The first-order valence-corrected chi connectivity index (χ1v) is 10.3. The summed E-state index contributed by atoms with van der Waals surface area (Å²) in [5, 5.41) is 9.63. The summed E-state index contributed by atoms with van der Waals surface area (Å²) in [6.45, 7) is 2.24. The van der Waals surface area contributed by atoms with E-state index in [1.54, 1.807) is 0 Å². The summed E-state index contributed by atoms with van der Waals surface area (Å²) in [5.41, 5.74) is 0.927. The maximum atomic E-state index is 4.41. The minimum absolute atomic E-state index is 0.0257. The normalized spacial score (nSPS) is 25.1. The van der Waals surface area contributed by atoms with Gasteiger partial charge in [0.2, 0.25) is 0 Å². The molecule has 4 heteroatoms. The lowest BCUT2D eigenvalue weighted by Gasteiger charge is -2.33. The van der Waals surface area contributed by atoms with Gasteiger partial charge in [-0.15, -0.1) is 0 Å². The highest BCUT2D eigenvalue weighted by atomic mass is 79.9. The van der Waals surface area contributed by atoms with Crippen molar-refractivity contribution in [3.8, 4) is 0 Å². The summed E-state index contributed by atoms with van der Waals surface area (Å²) in [6, 6.07) is 9.89. The van der Waals surface area contributed by atoms with Gasteiger partial charge in [0.15, 0.2) is 0 Å². The van der Waals surface area contributed by atoms with Gasteiger partial charge in [-0.1, -0.05) is 101 Å². The fourth-order valence-electron chi connectivity index (χ4n) is 2.60. The molecule has 0 amide bonds. The Labute approximate surface area is 156 Å². The number of hydrogen-bond acceptors (Lipinski definition) is 2. The van der Waals surface area contributed by atoms with E-state index in [4.69, 9.17) is 0 Å². The maximum Gasteiger partial charge on any atom is 0.107 e. The molecular weight excluding hydrogens is 416 g/mol. The van der Waals surface area contributed by atoms with Crippen LogP contribution < -0.4 is 0 Å². The first-order chi connectivity index (χ1) is 11.2. The topological polar surface area (TPSA) is 24.7 Å². The van der Waals surface area contributed by atoms with E-state index >= 15 is 0 Å². The first-order valence-electron chi connectivity index (χ1n) is 8.25. The molecule has 1 unspecified atom stereocenters. The van der Waals surface area contributed by atoms with E-state index in [9.17, 15) is 0 Å². The molecule has 0 spiro atoms. The largest absolute Gasteiger partial charge is 0.177 e. The number of alkyl halides is 2. The summed E-state index contributed by atoms with van der Waals surface area (Å²) in [6.07, 6.45) is 13.9. The Hall–Kier alpha value is -0.740. The van der Waals surface area contributed by atoms with Crippen molar-refractivity contribution in [2.24, 2.45) is 15.6 Å². The number of azo groups is 1. The number of benzene rings is 1. The first kappa shape index (κ1) is 18.6. The molecule has 124 valence electrons. The third-order valence-electron chi connectivity index (χ3n) is 4.15. The van der Waals surface area contributed by atoms with Gasteiger partial charge in [0.1, 0.15) is 6.04 Å². The van der Waals surface area contributed by atoms with Crippen LogP contribution in [-0.2, 0) is 0 Å². The predicted molar refractivity (Wildman–Crippen MR) is 106 cm³/mol. The molecule has 0 bridgehead atoms. The Morgan fingerprint density at radius 1 is 1.13 bits per heavy atom. The Bertz CT molecular complexity index is 538. The molecule has 0 radical (unpaired) electrons. The zero-order chi connectivity index (χ0) is 16.5. The van der Waals surface area contributed by atoms with Crippen LogP contribution in [0.2, 0.25) is 0 Å². The number of nitrogens with zero attached hydrogens (tertiary/aromatic N) is 2. The molecule has 0 N–H and O–H groups in total. The molecule has 1 aromatic carbocycles. The van der Waals surface area contributed by atoms with E-state index in [0.717, 1.165) is 11.0 Å². The van der Waals surface area contributed by atoms with Gasteiger partial charge in [0, 0.05) is 15.6 Å². The lowest BCUT2D eigenvalue weighted by Crippen LogP contribution is -2.31. The van der Waals surface area contributed by atoms with Crippen LogP contribution in [0, 0.1) is 5.41 Å². The zero-order valence-electron chi connectivity index (χ0n) is 13.5. The van der Waals surface area contributed by atoms with Crippen LogP contribution in [0.3, 0.4) is 0 Å². The summed E-state index contributed by atoms with van der Waals surface area (Å²) in [7, 11) is 0. The van der Waals surface area contributed by atoms with Gasteiger partial charge in [-0.3, -0.25) is 0 Å². The molecule has 2 rings (SSSR count). The number of allylic oxidation sites excluding steroid dienone is 2. The monoisotopic (exact) mass is 438 g/mol. The number of hydrogen-bond donors (Lipinski definition) is 0. The van der Waals surface area contributed by atoms with E-state index in [0.29, 0.717) is 4.83 Å². The van der Waals surface area contributed by atoms with Gasteiger partial charge in [-0.05, 0) is 18.6 Å². The lowest BCUT2D eigenvalue weighted by atomic mass is 9.80. The molecule has 1 aromatic rings. The lowest BCUT2D eigenvalue weighted by molar-refractivity contribution is 0.486. The Morgan fingerprint density at radius 3 is 2.43 bits per heavy atom. The van der Waals surface area contributed by atoms with Crippen molar-refractivity contribution in [2.75, 3.05) is 5.33 Å². The van der Waals surface area contributed by atoms with E-state index < -0.39 is 0 Å². The Kier molecular flexibility index (Phi) is 7.71. The molecule has 1 aliphatic carbocycles. The van der Waals surface area contributed by atoms with Crippen molar-refractivity contribution in [2.45, 2.75) is 43.5 Å². The second kappa shape index (κ2) is 9.53. The van der Waals surface area contributed by atoms with Crippen molar-refractivity contribution >= 4 is 37.5 Å². The number of rotatable bonds is 8. The van der Waals surface area contributed by atoms with Crippen molar-refractivity contribution < 1.29 is 0 Å². The van der Waals surface area contributed by atoms with Gasteiger partial charge in [0.25, 0.3) is 0 Å². The second-order valence-electron chi connectivity index (χ2n) is 5.97. The average Bonchev–Trinajstić information content (AvgIpc) is 2.61. The zero-order valence-corrected chi connectivity index (χ0v) is 16.7. The standard InChI is InChI=1S/C19H24Br2N2/c1-2-3-5-10-18(21)19(15-20)13-11-17(12-14-19)23-22-16-8-6-4-7-9-16/h4,6-9,11-14,17-18H,2-3,5,10,15H2,1H3. The molecular formula is C19H24Br2N2. The summed E-state index contributed by atoms with van der Waals surface area (Å²) >= 11 is 7.58. The minimum atomic E-state index is 0.0257. The van der Waals surface area contributed by atoms with Gasteiger partial charge >= 0.3 is 0 Å². The highest BCUT2D eigenvalue weighted by molar-refractivity contribution is 9.10. The molecule has 1 aliphatic rings. The summed E-state index contributed by atoms with van der Waals surface area (Å²) in [4.78, 5) is 0.445. The van der Waals surface area contributed by atoms with Gasteiger partial charge in [-0.25, -0.2) is 0 Å². The molecule has 0 saturated heterocycles. The van der Waals surface area contributed by atoms with E-state index in [1.807, 2.05) is 30.3 Å². The third kappa shape index (κ3) is 5.39. The smallest absolute Gasteiger partial charge is 0.107 e. The molecule has 0 aliphatic heterocycles. The van der Waals surface area contributed by atoms with Gasteiger partial charge in [-0.2, -0.15) is 10.2 Å². The highest BCUT2D eigenvalue weighted by Crippen LogP contribution is 2.39. The van der Waals surface area contributed by atoms with Crippen LogP contribution >= 0.6 is 31.9 Å². The molecule has 0 saturated carbocycles. The second-order valence-corrected chi connectivity index (χ2v) is 7.64. The van der Waals surface area contributed by atoms with Crippen molar-refractivity contribution in [3.63, 3.8) is 0 Å². The predicted octanol–water partition coefficient (Wildman–Crippen LogP) is 6.99. The van der Waals surface area contributed by atoms with Crippen molar-refractivity contribution in [1.29, 1.82) is 0 Å². The summed E-state index contributed by atoms with van der Waals surface area (Å²) in [5.74, 6) is 0. The number of unbranched alkanes of at least 4 members (excludes halogenated alkanes) is 2. The molecule has 0 aromatic heterocycles. The van der Waals surface area contributed by atoms with Crippen LogP contribution in [0.1, 0.15) is 32.6 Å². The van der Waals surface area contributed by atoms with Crippen molar-refractivity contribution in [1.82, 2.24) is 0 Å². The van der Waals surface area contributed by atoms with Crippen LogP contribution in [0.25, 0.3) is 0 Å². The molecule has 2 nitrogen and oxygen atoms in total. The molecule has 0 heterocycles. The van der Waals surface area contributed by atoms with E-state index in [1.165, 1.54) is 25.7 Å². The Balaban J connectivity index is 1.97. The van der Waals surface area contributed by atoms with Crippen LogP contribution in [0.5, 0.6) is 0 Å². The molecule has 23 heavy (non-hydrogen) atoms. The van der Waals surface area contributed by atoms with E-state index in [2.05, 4.69) is 73.3 Å². The van der Waals surface area contributed by atoms with Crippen LogP contribution in [0.15, 0.2) is 64.9 Å². The fourth-order valence-corrected chi connectivity index (χ4v) is 4.59. The SMILES string of the molecule is CCCCCC(Br)C1(CBr)C=CC(N=Nc2ccccc2)C=C1. The minimum Gasteiger partial charge on any atom is -0.177 e. The van der Waals surface area contributed by atoms with E-state index in [-0.39, 0.29) is 11.5 Å². The number of halogens is 2. The van der Waals surface area contributed by atoms with Crippen LogP contribution in [0.4, 0.5) is 5.69 Å². The molecule has 1 atom stereocenters. The maximum absolute atomic E-state index is 4.41.